The van der Waals surface area contributed by atoms with Crippen LogP contribution in [0.15, 0.2) is 72.8 Å². The van der Waals surface area contributed by atoms with Crippen molar-refractivity contribution in [1.82, 2.24) is 14.8 Å². The number of ether oxygens (including phenoxy) is 4. The summed E-state index contributed by atoms with van der Waals surface area (Å²) < 4.78 is 25.6. The Bertz CT molecular complexity index is 2580. The number of aromatic amines is 1. The van der Waals surface area contributed by atoms with E-state index >= 15 is 0 Å². The monoisotopic (exact) mass is 821 g/mol. The molecule has 13 rings (SSSR count). The van der Waals surface area contributed by atoms with Gasteiger partial charge in [-0.2, -0.15) is 0 Å². The van der Waals surface area contributed by atoms with Crippen LogP contribution in [0.2, 0.25) is 0 Å². The number of piperidine rings is 2. The zero-order valence-corrected chi connectivity index (χ0v) is 34.4. The van der Waals surface area contributed by atoms with Crippen molar-refractivity contribution in [1.29, 1.82) is 0 Å². The smallest absolute Gasteiger partial charge is 0.165 e. The predicted octanol–water partition coefficient (Wildman–Crippen LogP) is 5.59. The van der Waals surface area contributed by atoms with Crippen LogP contribution in [-0.4, -0.2) is 112 Å². The van der Waals surface area contributed by atoms with Crippen molar-refractivity contribution in [2.45, 2.75) is 85.9 Å². The molecule has 8 aliphatic rings. The van der Waals surface area contributed by atoms with E-state index in [9.17, 15) is 20.4 Å². The molecule has 10 atom stereocenters. The number of likely N-dealkylation sites (tertiary alicyclic amines) is 2. The summed E-state index contributed by atoms with van der Waals surface area (Å²) in [6, 6.07) is 16.7. The van der Waals surface area contributed by atoms with E-state index in [1.165, 1.54) is 11.1 Å². The summed E-state index contributed by atoms with van der Waals surface area (Å²) in [6.45, 7) is 2.77. The second kappa shape index (κ2) is 12.7. The van der Waals surface area contributed by atoms with Crippen molar-refractivity contribution in [2.24, 2.45) is 11.8 Å². The number of benzene rings is 4. The lowest BCUT2D eigenvalue weighted by Crippen LogP contribution is -2.64. The van der Waals surface area contributed by atoms with Crippen molar-refractivity contribution in [2.75, 3.05) is 40.4 Å². The minimum atomic E-state index is -0.699. The third kappa shape index (κ3) is 4.78. The summed E-state index contributed by atoms with van der Waals surface area (Å²) in [5, 5.41) is 46.9. The molecule has 0 radical (unpaired) electrons. The number of nitrogens with one attached hydrogen (secondary N) is 1. The molecule has 2 saturated heterocycles. The lowest BCUT2D eigenvalue weighted by atomic mass is 9.53. The summed E-state index contributed by atoms with van der Waals surface area (Å²) in [5.74, 6) is 3.45. The van der Waals surface area contributed by atoms with E-state index in [4.69, 9.17) is 18.9 Å². The highest BCUT2D eigenvalue weighted by molar-refractivity contribution is 6.07. The van der Waals surface area contributed by atoms with Gasteiger partial charge in [0.15, 0.2) is 23.0 Å². The van der Waals surface area contributed by atoms with E-state index < -0.39 is 12.2 Å². The van der Waals surface area contributed by atoms with Crippen molar-refractivity contribution in [3.63, 3.8) is 0 Å². The quantitative estimate of drug-likeness (QED) is 0.126. The van der Waals surface area contributed by atoms with E-state index in [0.29, 0.717) is 49.6 Å². The van der Waals surface area contributed by atoms with Crippen molar-refractivity contribution >= 4 is 21.8 Å². The Morgan fingerprint density at radius 2 is 1.11 bits per heavy atom. The van der Waals surface area contributed by atoms with Crippen LogP contribution in [0.4, 0.5) is 0 Å². The molecule has 4 aromatic carbocycles. The summed E-state index contributed by atoms with van der Waals surface area (Å²) in [6.07, 6.45) is 10.8. The van der Waals surface area contributed by atoms with E-state index in [1.807, 2.05) is 36.4 Å². The van der Waals surface area contributed by atoms with Crippen molar-refractivity contribution < 1.29 is 39.4 Å². The topological polar surface area (TPSA) is 140 Å². The fourth-order valence-corrected chi connectivity index (χ4v) is 13.8. The van der Waals surface area contributed by atoms with Crippen molar-refractivity contribution in [3.05, 3.63) is 106 Å². The molecule has 4 aliphatic carbocycles. The van der Waals surface area contributed by atoms with Crippen LogP contribution in [0.3, 0.4) is 0 Å². The fourth-order valence-electron chi connectivity index (χ4n) is 13.8. The minimum Gasteiger partial charge on any atom is -0.504 e. The maximum absolute atomic E-state index is 11.3. The van der Waals surface area contributed by atoms with Gasteiger partial charge in [-0.1, -0.05) is 24.3 Å². The molecule has 4 bridgehead atoms. The van der Waals surface area contributed by atoms with Crippen molar-refractivity contribution in [3.8, 4) is 34.5 Å². The largest absolute Gasteiger partial charge is 0.504 e. The zero-order valence-electron chi connectivity index (χ0n) is 34.4. The predicted molar refractivity (Wildman–Crippen MR) is 229 cm³/mol. The van der Waals surface area contributed by atoms with Gasteiger partial charge in [-0.15, -0.1) is 0 Å². The molecule has 0 amide bonds. The highest BCUT2D eigenvalue weighted by Crippen LogP contribution is 2.64. The van der Waals surface area contributed by atoms with Gasteiger partial charge in [0.1, 0.15) is 35.9 Å². The van der Waals surface area contributed by atoms with Crippen LogP contribution in [-0.2, 0) is 36.5 Å². The Kier molecular flexibility index (Phi) is 7.58. The molecule has 5 aromatic rings. The van der Waals surface area contributed by atoms with Gasteiger partial charge in [-0.25, -0.2) is 0 Å². The van der Waals surface area contributed by atoms with E-state index in [1.54, 1.807) is 0 Å². The third-order valence-electron chi connectivity index (χ3n) is 16.6. The molecular weight excluding hydrogens is 771 g/mol. The first-order valence-electron chi connectivity index (χ1n) is 22.2. The Labute approximate surface area is 353 Å². The van der Waals surface area contributed by atoms with Crippen LogP contribution in [0.1, 0.15) is 46.2 Å². The molecule has 2 fully saturated rings. The van der Waals surface area contributed by atoms with Crippen LogP contribution >= 0.6 is 0 Å². The van der Waals surface area contributed by atoms with Gasteiger partial charge in [-0.3, -0.25) is 0 Å². The molecule has 61 heavy (non-hydrogen) atoms. The Morgan fingerprint density at radius 1 is 0.656 bits per heavy atom. The molecular formula is C50H51N3O8. The summed E-state index contributed by atoms with van der Waals surface area (Å²) in [5.41, 5.74) is 8.21. The summed E-state index contributed by atoms with van der Waals surface area (Å²) in [7, 11) is 4.40. The fraction of sp³-hybridized carbons (Fsp3) is 0.440. The number of aromatic hydroxyl groups is 2. The maximum Gasteiger partial charge on any atom is 0.165 e. The number of aliphatic hydroxyl groups excluding tert-OH is 2. The third-order valence-corrected chi connectivity index (χ3v) is 16.6. The van der Waals surface area contributed by atoms with Gasteiger partial charge in [0.05, 0.1) is 24.2 Å². The Morgan fingerprint density at radius 3 is 1.57 bits per heavy atom. The summed E-state index contributed by atoms with van der Waals surface area (Å²) >= 11 is 0. The first-order chi connectivity index (χ1) is 29.6. The Balaban J connectivity index is 0.721. The normalized spacial score (nSPS) is 33.4. The molecule has 1 aromatic heterocycles. The molecule has 0 unspecified atom stereocenters. The standard InChI is InChI=1S/C50H51N3O8/c1-52-15-13-49-33-7-9-39(54)47(49)60-45-41(56)19-25(31(43(45)49)23-37(33)52)11-17-58-27-3-5-29-30-6-4-28(22-36(30)51-35(29)21-27)59-18-12-26-20-42(57)46-44-32(26)24-38-34-8-10-40(55)48(61-46)50(34,44)14-16-53(38)2/h3-10,19-22,33-34,37-40,47-48,51,54-57H,11-18,23-24H2,1-2H3/t33-,34-,37+,38+,39-,40-,47-,48-,49-,50-/m0/s1. The molecule has 0 saturated carbocycles. The number of phenolic OH excluding ortho intramolecular Hbond substituents is 2. The second-order valence-corrected chi connectivity index (χ2v) is 19.2. The van der Waals surface area contributed by atoms with E-state index in [2.05, 4.69) is 65.3 Å². The number of fused-ring (bicyclic) bond motifs is 3. The molecule has 5 heterocycles. The lowest BCUT2D eigenvalue weighted by molar-refractivity contribution is -0.0454. The SMILES string of the molecule is CN1CC[C@]23c4c5c(CCOc6ccc7c(c6)[nH]c6cc(OCCc8cc(O)c9c%10c8C[C@@H]8[C@@H]%11C=C[C@H](O)[C@H](O9)[C@]%10%11CCN8C)ccc67)cc(O)c4O[C@H]2[C@@H](O)C=C[C@H]3[C@H]1C5. The van der Waals surface area contributed by atoms with Gasteiger partial charge in [0.25, 0.3) is 0 Å². The number of hydrogen-bond acceptors (Lipinski definition) is 10. The Hall–Kier alpha value is -5.20. The summed E-state index contributed by atoms with van der Waals surface area (Å²) in [4.78, 5) is 8.49. The zero-order chi connectivity index (χ0) is 41.1. The maximum atomic E-state index is 11.3. The number of aromatic nitrogens is 1. The second-order valence-electron chi connectivity index (χ2n) is 19.2. The van der Waals surface area contributed by atoms with Gasteiger partial charge < -0.3 is 54.2 Å². The van der Waals surface area contributed by atoms with Crippen LogP contribution < -0.4 is 18.9 Å². The lowest BCUT2D eigenvalue weighted by Gasteiger charge is -2.56. The number of hydrogen-bond donors (Lipinski definition) is 5. The highest BCUT2D eigenvalue weighted by atomic mass is 16.5. The minimum absolute atomic E-state index is 0.153. The molecule has 2 spiro atoms. The number of rotatable bonds is 8. The number of phenols is 2. The first-order valence-corrected chi connectivity index (χ1v) is 22.2. The van der Waals surface area contributed by atoms with Crippen LogP contribution in [0.25, 0.3) is 21.8 Å². The van der Waals surface area contributed by atoms with Gasteiger partial charge >= 0.3 is 0 Å². The number of H-pyrrole nitrogens is 1. The van der Waals surface area contributed by atoms with Crippen LogP contribution in [0.5, 0.6) is 34.5 Å². The van der Waals surface area contributed by atoms with E-state index in [0.717, 1.165) is 94.3 Å². The number of aliphatic hydroxyl groups is 2. The van der Waals surface area contributed by atoms with Crippen LogP contribution in [0, 0.1) is 11.8 Å². The van der Waals surface area contributed by atoms with E-state index in [-0.39, 0.29) is 46.4 Å². The van der Waals surface area contributed by atoms with Gasteiger partial charge in [0, 0.05) is 81.6 Å². The molecule has 11 nitrogen and oxygen atoms in total. The molecule has 5 N–H and O–H groups in total. The highest BCUT2D eigenvalue weighted by Gasteiger charge is 2.66. The number of likely N-dealkylation sites (N-methyl/N-ethyl adjacent to an activating group) is 2. The molecule has 4 aliphatic heterocycles. The first kappa shape index (κ1) is 36.5. The average Bonchev–Trinajstić information content (AvgIpc) is 3.92. The molecule has 314 valence electrons. The number of nitrogens with zero attached hydrogens (tertiary/aromatic N) is 2. The molecule has 11 heteroatoms. The average molecular weight is 822 g/mol. The van der Waals surface area contributed by atoms with Gasteiger partial charge in [-0.05, 0) is 112 Å². The van der Waals surface area contributed by atoms with Gasteiger partial charge in [0.2, 0.25) is 0 Å².